The molecule has 1 amide bonds. The second-order valence-electron chi connectivity index (χ2n) is 10.0. The molecule has 40 heavy (non-hydrogen) atoms. The number of rotatable bonds is 8. The number of aliphatic hydroxyl groups is 1. The first-order valence-electron chi connectivity index (χ1n) is 13.4. The Bertz CT molecular complexity index is 1710. The number of fused-ring (bicyclic) bond motifs is 3. The van der Waals surface area contributed by atoms with E-state index >= 15 is 0 Å². The van der Waals surface area contributed by atoms with Crippen LogP contribution in [0.25, 0.3) is 21.7 Å². The van der Waals surface area contributed by atoms with Gasteiger partial charge in [-0.1, -0.05) is 54.6 Å². The quantitative estimate of drug-likeness (QED) is 0.260. The van der Waals surface area contributed by atoms with Crippen molar-refractivity contribution in [2.24, 2.45) is 0 Å². The molecule has 0 bridgehead atoms. The molecule has 6 rings (SSSR count). The highest BCUT2D eigenvalue weighted by atomic mass is 16.5. The van der Waals surface area contributed by atoms with Crippen molar-refractivity contribution in [1.82, 2.24) is 25.0 Å². The van der Waals surface area contributed by atoms with Gasteiger partial charge in [0.25, 0.3) is 5.91 Å². The second kappa shape index (κ2) is 11.0. The van der Waals surface area contributed by atoms with E-state index in [1.54, 1.807) is 10.7 Å². The smallest absolute Gasteiger partial charge is 0.339 e. The molecule has 0 spiro atoms. The molecule has 0 unspecified atom stereocenters. The lowest BCUT2D eigenvalue weighted by atomic mass is 10.0. The van der Waals surface area contributed by atoms with Crippen LogP contribution in [0, 0.1) is 0 Å². The number of carbonyl (C=O) groups excluding carboxylic acids is 2. The molecule has 3 heterocycles. The molecule has 5 aromatic rings. The molecule has 1 aliphatic rings. The van der Waals surface area contributed by atoms with Crippen molar-refractivity contribution in [3.05, 3.63) is 101 Å². The summed E-state index contributed by atoms with van der Waals surface area (Å²) in [6, 6.07) is 19.8. The number of esters is 1. The van der Waals surface area contributed by atoms with Crippen molar-refractivity contribution in [2.75, 3.05) is 20.3 Å². The summed E-state index contributed by atoms with van der Waals surface area (Å²) in [6.07, 6.45) is 2.65. The van der Waals surface area contributed by atoms with Crippen LogP contribution in [-0.2, 0) is 37.3 Å². The van der Waals surface area contributed by atoms with Crippen molar-refractivity contribution in [3.63, 3.8) is 0 Å². The maximum Gasteiger partial charge on any atom is 0.339 e. The lowest BCUT2D eigenvalue weighted by molar-refractivity contribution is 0.0602. The molecule has 0 aliphatic carbocycles. The fourth-order valence-corrected chi connectivity index (χ4v) is 5.71. The molecule has 3 aromatic carbocycles. The number of nitrogens with one attached hydrogen (secondary N) is 2. The predicted molar refractivity (Wildman–Crippen MR) is 152 cm³/mol. The van der Waals surface area contributed by atoms with Gasteiger partial charge >= 0.3 is 5.97 Å². The third-order valence-electron chi connectivity index (χ3n) is 7.66. The lowest BCUT2D eigenvalue weighted by Gasteiger charge is -2.27. The van der Waals surface area contributed by atoms with E-state index in [2.05, 4.69) is 38.5 Å². The molecule has 204 valence electrons. The van der Waals surface area contributed by atoms with E-state index in [0.717, 1.165) is 50.6 Å². The molecular weight excluding hydrogens is 506 g/mol. The summed E-state index contributed by atoms with van der Waals surface area (Å²) < 4.78 is 6.71. The largest absolute Gasteiger partial charge is 0.465 e. The summed E-state index contributed by atoms with van der Waals surface area (Å²) >= 11 is 0. The first-order valence-corrected chi connectivity index (χ1v) is 13.4. The Morgan fingerprint density at radius 1 is 1.05 bits per heavy atom. The predicted octanol–water partition coefficient (Wildman–Crippen LogP) is 3.78. The van der Waals surface area contributed by atoms with Gasteiger partial charge in [0.05, 0.1) is 31.3 Å². The van der Waals surface area contributed by atoms with Crippen LogP contribution in [0.3, 0.4) is 0 Å². The maximum atomic E-state index is 13.5. The normalized spacial score (nSPS) is 13.4. The van der Waals surface area contributed by atoms with Gasteiger partial charge in [0.1, 0.15) is 0 Å². The second-order valence-corrected chi connectivity index (χ2v) is 10.0. The zero-order valence-electron chi connectivity index (χ0n) is 22.3. The minimum absolute atomic E-state index is 0.0488. The monoisotopic (exact) mass is 537 g/mol. The highest BCUT2D eigenvalue weighted by Crippen LogP contribution is 2.28. The first kappa shape index (κ1) is 25.8. The van der Waals surface area contributed by atoms with Crippen molar-refractivity contribution in [3.8, 4) is 0 Å². The van der Waals surface area contributed by atoms with Crippen LogP contribution in [0.2, 0.25) is 0 Å². The van der Waals surface area contributed by atoms with Gasteiger partial charge in [-0.15, -0.1) is 0 Å². The Kier molecular flexibility index (Phi) is 7.06. The zero-order chi connectivity index (χ0) is 27.6. The average Bonchev–Trinajstić information content (AvgIpc) is 3.57. The minimum Gasteiger partial charge on any atom is -0.465 e. The Balaban J connectivity index is 1.24. The van der Waals surface area contributed by atoms with Crippen LogP contribution >= 0.6 is 0 Å². The van der Waals surface area contributed by atoms with Crippen molar-refractivity contribution >= 4 is 33.6 Å². The molecule has 3 N–H and O–H groups in total. The van der Waals surface area contributed by atoms with E-state index in [9.17, 15) is 14.7 Å². The molecule has 0 fully saturated rings. The number of ether oxygens (including phenoxy) is 1. The number of amides is 1. The van der Waals surface area contributed by atoms with Gasteiger partial charge in [0.2, 0.25) is 0 Å². The van der Waals surface area contributed by atoms with Gasteiger partial charge in [-0.05, 0) is 28.0 Å². The fraction of sp³-hybridized carbons (Fsp3) is 0.258. The van der Waals surface area contributed by atoms with Crippen LogP contribution in [0.1, 0.15) is 43.2 Å². The first-order chi connectivity index (χ1) is 19.6. The van der Waals surface area contributed by atoms with Gasteiger partial charge in [-0.3, -0.25) is 14.4 Å². The molecule has 0 saturated heterocycles. The van der Waals surface area contributed by atoms with Gasteiger partial charge in [0, 0.05) is 55.4 Å². The summed E-state index contributed by atoms with van der Waals surface area (Å²) in [7, 11) is 1.38. The summed E-state index contributed by atoms with van der Waals surface area (Å²) in [5, 5.41) is 20.5. The van der Waals surface area contributed by atoms with E-state index in [4.69, 9.17) is 4.74 Å². The molecule has 2 aromatic heterocycles. The van der Waals surface area contributed by atoms with E-state index < -0.39 is 0 Å². The van der Waals surface area contributed by atoms with E-state index in [1.807, 2.05) is 42.6 Å². The van der Waals surface area contributed by atoms with Gasteiger partial charge in [0.15, 0.2) is 5.69 Å². The standard InChI is InChI=1S/C31H31N5O4/c1-40-31(39)25-11-5-10-24-22(17-32-28(24)25)18-35-13-12-27-26(19-35)29(34-36(27)14-15-37)30(38)33-16-21-8-4-7-20-6-2-3-9-23(20)21/h2-11,17,32,37H,12-16,18-19H2,1H3,(H,33,38). The molecular formula is C31H31N5O4. The number of nitrogens with zero attached hydrogens (tertiary/aromatic N) is 3. The van der Waals surface area contributed by atoms with Gasteiger partial charge in [-0.25, -0.2) is 4.79 Å². The number of hydrogen-bond acceptors (Lipinski definition) is 6. The van der Waals surface area contributed by atoms with Crippen LogP contribution in [0.4, 0.5) is 0 Å². The van der Waals surface area contributed by atoms with Crippen molar-refractivity contribution in [2.45, 2.75) is 32.6 Å². The number of aliphatic hydroxyl groups excluding tert-OH is 1. The minimum atomic E-state index is -0.378. The average molecular weight is 538 g/mol. The van der Waals surface area contributed by atoms with Crippen LogP contribution < -0.4 is 5.32 Å². The number of benzene rings is 3. The molecule has 9 nitrogen and oxygen atoms in total. The van der Waals surface area contributed by atoms with Gasteiger partial charge < -0.3 is 20.1 Å². The summed E-state index contributed by atoms with van der Waals surface area (Å²) in [5.74, 6) is -0.602. The number of para-hydroxylation sites is 1. The maximum absolute atomic E-state index is 13.5. The highest BCUT2D eigenvalue weighted by Gasteiger charge is 2.28. The zero-order valence-corrected chi connectivity index (χ0v) is 22.3. The third-order valence-corrected chi connectivity index (χ3v) is 7.66. The Morgan fingerprint density at radius 2 is 1.85 bits per heavy atom. The SMILES string of the molecule is COC(=O)c1cccc2c(CN3CCc4c(c(C(=O)NCc5cccc6ccccc56)nn4CCO)C3)c[nH]c12. The van der Waals surface area contributed by atoms with E-state index in [1.165, 1.54) is 7.11 Å². The van der Waals surface area contributed by atoms with Crippen molar-refractivity contribution < 1.29 is 19.4 Å². The van der Waals surface area contributed by atoms with E-state index in [0.29, 0.717) is 43.9 Å². The summed E-state index contributed by atoms with van der Waals surface area (Å²) in [4.78, 5) is 31.2. The molecule has 1 aliphatic heterocycles. The van der Waals surface area contributed by atoms with E-state index in [-0.39, 0.29) is 18.5 Å². The van der Waals surface area contributed by atoms with Crippen LogP contribution in [-0.4, -0.2) is 56.9 Å². The number of carbonyl (C=O) groups is 2. The highest BCUT2D eigenvalue weighted by molar-refractivity contribution is 6.03. The van der Waals surface area contributed by atoms with Gasteiger partial charge in [-0.2, -0.15) is 5.10 Å². The molecule has 9 heteroatoms. The number of H-pyrrole nitrogens is 1. The number of hydrogen-bond donors (Lipinski definition) is 3. The summed E-state index contributed by atoms with van der Waals surface area (Å²) in [5.41, 5.74) is 5.66. The fourth-order valence-electron chi connectivity index (χ4n) is 5.71. The lowest BCUT2D eigenvalue weighted by Crippen LogP contribution is -2.32. The Morgan fingerprint density at radius 3 is 2.70 bits per heavy atom. The number of methoxy groups -OCH3 is 1. The Labute approximate surface area is 231 Å². The molecule has 0 radical (unpaired) electrons. The number of aromatic nitrogens is 3. The number of aromatic amines is 1. The van der Waals surface area contributed by atoms with Crippen molar-refractivity contribution in [1.29, 1.82) is 0 Å². The molecule has 0 atom stereocenters. The topological polar surface area (TPSA) is 112 Å². The molecule has 0 saturated carbocycles. The third kappa shape index (κ3) is 4.74. The Hall–Kier alpha value is -4.47. The summed E-state index contributed by atoms with van der Waals surface area (Å²) in [6.45, 7) is 2.67. The van der Waals surface area contributed by atoms with Crippen LogP contribution in [0.5, 0.6) is 0 Å². The van der Waals surface area contributed by atoms with Crippen LogP contribution in [0.15, 0.2) is 66.9 Å².